The summed E-state index contributed by atoms with van der Waals surface area (Å²) in [6.45, 7) is 5.14. The first kappa shape index (κ1) is 22.3. The highest BCUT2D eigenvalue weighted by Crippen LogP contribution is 2.17. The van der Waals surface area contributed by atoms with E-state index in [0.717, 1.165) is 11.3 Å². The average molecular weight is 424 g/mol. The molecule has 1 aliphatic heterocycles. The molecular formula is C24H29N3O4. The van der Waals surface area contributed by atoms with Crippen LogP contribution in [0.2, 0.25) is 0 Å². The first-order valence-electron chi connectivity index (χ1n) is 10.6. The second-order valence-corrected chi connectivity index (χ2v) is 7.65. The van der Waals surface area contributed by atoms with Crippen LogP contribution in [0, 0.1) is 0 Å². The van der Waals surface area contributed by atoms with Crippen LogP contribution < -0.4 is 15.4 Å². The fourth-order valence-corrected chi connectivity index (χ4v) is 3.68. The van der Waals surface area contributed by atoms with Crippen molar-refractivity contribution in [2.45, 2.75) is 39.2 Å². The normalized spacial score (nSPS) is 14.1. The Morgan fingerprint density at radius 3 is 2.42 bits per heavy atom. The van der Waals surface area contributed by atoms with Crippen molar-refractivity contribution in [2.24, 2.45) is 0 Å². The molecule has 2 aromatic carbocycles. The number of rotatable bonds is 7. The molecule has 0 radical (unpaired) electrons. The summed E-state index contributed by atoms with van der Waals surface area (Å²) in [5.74, 6) is 0.543. The molecule has 7 heteroatoms. The SMILES string of the molecule is CCOc1ccc(CC(=O)NC2CCN(C(=O)c3cccc(NC(C)=O)c3)CC2)cc1. The van der Waals surface area contributed by atoms with Gasteiger partial charge < -0.3 is 20.3 Å². The number of likely N-dealkylation sites (tertiary alicyclic amines) is 1. The van der Waals surface area contributed by atoms with Crippen molar-refractivity contribution in [1.82, 2.24) is 10.2 Å². The largest absolute Gasteiger partial charge is 0.494 e. The minimum absolute atomic E-state index is 0.0167. The van der Waals surface area contributed by atoms with Crippen LogP contribution in [0.4, 0.5) is 5.69 Å². The summed E-state index contributed by atoms with van der Waals surface area (Å²) in [5, 5.41) is 5.78. The van der Waals surface area contributed by atoms with Gasteiger partial charge in [0, 0.05) is 37.3 Å². The maximum absolute atomic E-state index is 12.8. The van der Waals surface area contributed by atoms with Crippen LogP contribution in [0.25, 0.3) is 0 Å². The maximum atomic E-state index is 12.8. The Kier molecular flexibility index (Phi) is 7.65. The Morgan fingerprint density at radius 2 is 1.77 bits per heavy atom. The third kappa shape index (κ3) is 6.57. The molecular weight excluding hydrogens is 394 g/mol. The van der Waals surface area contributed by atoms with Crippen LogP contribution in [0.5, 0.6) is 5.75 Å². The zero-order valence-corrected chi connectivity index (χ0v) is 18.0. The average Bonchev–Trinajstić information content (AvgIpc) is 2.75. The van der Waals surface area contributed by atoms with Crippen LogP contribution in [-0.4, -0.2) is 48.4 Å². The van der Waals surface area contributed by atoms with Crippen molar-refractivity contribution in [3.05, 3.63) is 59.7 Å². The molecule has 2 N–H and O–H groups in total. The van der Waals surface area contributed by atoms with Gasteiger partial charge in [-0.25, -0.2) is 0 Å². The molecule has 0 unspecified atom stereocenters. The monoisotopic (exact) mass is 423 g/mol. The molecule has 0 bridgehead atoms. The standard InChI is InChI=1S/C24H29N3O4/c1-3-31-22-9-7-18(8-10-22)15-23(29)26-20-11-13-27(14-12-20)24(30)19-5-4-6-21(16-19)25-17(2)28/h4-10,16,20H,3,11-15H2,1-2H3,(H,25,28)(H,26,29). The quantitative estimate of drug-likeness (QED) is 0.717. The molecule has 1 fully saturated rings. The van der Waals surface area contributed by atoms with E-state index in [2.05, 4.69) is 10.6 Å². The number of nitrogens with one attached hydrogen (secondary N) is 2. The maximum Gasteiger partial charge on any atom is 0.253 e. The van der Waals surface area contributed by atoms with E-state index < -0.39 is 0 Å². The lowest BCUT2D eigenvalue weighted by Gasteiger charge is -2.32. The van der Waals surface area contributed by atoms with E-state index in [1.165, 1.54) is 6.92 Å². The van der Waals surface area contributed by atoms with E-state index in [4.69, 9.17) is 4.74 Å². The molecule has 3 amide bonds. The lowest BCUT2D eigenvalue weighted by Crippen LogP contribution is -2.46. The third-order valence-electron chi connectivity index (χ3n) is 5.18. The van der Waals surface area contributed by atoms with Gasteiger partial charge in [-0.2, -0.15) is 0 Å². The van der Waals surface area contributed by atoms with E-state index >= 15 is 0 Å². The molecule has 1 saturated heterocycles. The fraction of sp³-hybridized carbons (Fsp3) is 0.375. The summed E-state index contributed by atoms with van der Waals surface area (Å²) in [6, 6.07) is 14.6. The zero-order chi connectivity index (χ0) is 22.2. The second kappa shape index (κ2) is 10.6. The van der Waals surface area contributed by atoms with Crippen LogP contribution in [0.1, 0.15) is 42.6 Å². The molecule has 0 atom stereocenters. The highest BCUT2D eigenvalue weighted by molar-refractivity contribution is 5.96. The molecule has 3 rings (SSSR count). The van der Waals surface area contributed by atoms with Crippen LogP contribution in [0.3, 0.4) is 0 Å². The number of carbonyl (C=O) groups is 3. The first-order valence-corrected chi connectivity index (χ1v) is 10.6. The Labute approximate surface area is 182 Å². The summed E-state index contributed by atoms with van der Waals surface area (Å²) in [6.07, 6.45) is 1.75. The van der Waals surface area contributed by atoms with E-state index in [1.807, 2.05) is 31.2 Å². The number of amides is 3. The summed E-state index contributed by atoms with van der Waals surface area (Å²) < 4.78 is 5.42. The number of anilines is 1. The highest BCUT2D eigenvalue weighted by Gasteiger charge is 2.24. The molecule has 7 nitrogen and oxygen atoms in total. The lowest BCUT2D eigenvalue weighted by molar-refractivity contribution is -0.121. The molecule has 31 heavy (non-hydrogen) atoms. The number of carbonyl (C=O) groups excluding carboxylic acids is 3. The molecule has 1 aliphatic rings. The van der Waals surface area contributed by atoms with Gasteiger partial charge in [-0.1, -0.05) is 18.2 Å². The van der Waals surface area contributed by atoms with Crippen molar-refractivity contribution < 1.29 is 19.1 Å². The summed E-state index contributed by atoms with van der Waals surface area (Å²) in [7, 11) is 0. The smallest absolute Gasteiger partial charge is 0.253 e. The zero-order valence-electron chi connectivity index (χ0n) is 18.0. The van der Waals surface area contributed by atoms with Crippen molar-refractivity contribution in [1.29, 1.82) is 0 Å². The first-order chi connectivity index (χ1) is 14.9. The van der Waals surface area contributed by atoms with Gasteiger partial charge in [-0.3, -0.25) is 14.4 Å². The van der Waals surface area contributed by atoms with Crippen molar-refractivity contribution in [3.63, 3.8) is 0 Å². The van der Waals surface area contributed by atoms with Crippen molar-refractivity contribution >= 4 is 23.4 Å². The Morgan fingerprint density at radius 1 is 1.06 bits per heavy atom. The van der Waals surface area contributed by atoms with Gasteiger partial charge in [0.15, 0.2) is 0 Å². The molecule has 0 spiro atoms. The minimum atomic E-state index is -0.175. The van der Waals surface area contributed by atoms with Gasteiger partial charge in [0.1, 0.15) is 5.75 Å². The number of piperidine rings is 1. The molecule has 2 aromatic rings. The Bertz CT molecular complexity index is 919. The molecule has 0 aliphatic carbocycles. The van der Waals surface area contributed by atoms with E-state index in [9.17, 15) is 14.4 Å². The van der Waals surface area contributed by atoms with Crippen molar-refractivity contribution in [2.75, 3.05) is 25.0 Å². The van der Waals surface area contributed by atoms with Crippen LogP contribution >= 0.6 is 0 Å². The Balaban J connectivity index is 1.47. The van der Waals surface area contributed by atoms with Crippen molar-refractivity contribution in [3.8, 4) is 5.75 Å². The number of nitrogens with zero attached hydrogens (tertiary/aromatic N) is 1. The fourth-order valence-electron chi connectivity index (χ4n) is 3.68. The number of hydrogen-bond donors (Lipinski definition) is 2. The third-order valence-corrected chi connectivity index (χ3v) is 5.18. The number of benzene rings is 2. The van der Waals surface area contributed by atoms with Gasteiger partial charge in [0.25, 0.3) is 5.91 Å². The minimum Gasteiger partial charge on any atom is -0.494 e. The lowest BCUT2D eigenvalue weighted by atomic mass is 10.0. The van der Waals surface area contributed by atoms with Crippen LogP contribution in [-0.2, 0) is 16.0 Å². The molecule has 0 saturated carbocycles. The summed E-state index contributed by atoms with van der Waals surface area (Å²) in [4.78, 5) is 38.2. The van der Waals surface area contributed by atoms with E-state index in [0.29, 0.717) is 50.2 Å². The second-order valence-electron chi connectivity index (χ2n) is 7.65. The summed E-state index contributed by atoms with van der Waals surface area (Å²) >= 11 is 0. The van der Waals surface area contributed by atoms with E-state index in [-0.39, 0.29) is 23.8 Å². The van der Waals surface area contributed by atoms with Gasteiger partial charge >= 0.3 is 0 Å². The molecule has 1 heterocycles. The number of hydrogen-bond acceptors (Lipinski definition) is 4. The van der Waals surface area contributed by atoms with Gasteiger partial charge in [-0.05, 0) is 55.7 Å². The predicted octanol–water partition coefficient (Wildman–Crippen LogP) is 3.01. The topological polar surface area (TPSA) is 87.7 Å². The highest BCUT2D eigenvalue weighted by atomic mass is 16.5. The number of ether oxygens (including phenoxy) is 1. The molecule has 0 aromatic heterocycles. The van der Waals surface area contributed by atoms with Gasteiger partial charge in [0.05, 0.1) is 13.0 Å². The predicted molar refractivity (Wildman–Crippen MR) is 119 cm³/mol. The van der Waals surface area contributed by atoms with Gasteiger partial charge in [0.2, 0.25) is 11.8 Å². The Hall–Kier alpha value is -3.35. The summed E-state index contributed by atoms with van der Waals surface area (Å²) in [5.41, 5.74) is 2.09. The molecule has 164 valence electrons. The van der Waals surface area contributed by atoms with E-state index in [1.54, 1.807) is 29.2 Å². The van der Waals surface area contributed by atoms with Gasteiger partial charge in [-0.15, -0.1) is 0 Å². The van der Waals surface area contributed by atoms with Crippen LogP contribution in [0.15, 0.2) is 48.5 Å².